The number of fused-ring (bicyclic) bond motifs is 2. The Morgan fingerprint density at radius 3 is 2.72 bits per heavy atom. The van der Waals surface area contributed by atoms with Crippen molar-refractivity contribution >= 4 is 11.9 Å². The molecular weight excluding hydrogens is 410 g/mol. The number of urea groups is 1. The number of aryl methyl sites for hydroxylation is 1. The number of carbonyl (C=O) groups is 2. The summed E-state index contributed by atoms with van der Waals surface area (Å²) in [6.07, 6.45) is 9.53. The number of aromatic nitrogens is 4. The van der Waals surface area contributed by atoms with Gasteiger partial charge in [0.15, 0.2) is 6.10 Å². The lowest BCUT2D eigenvalue weighted by Crippen LogP contribution is -2.55. The molecule has 2 aliphatic rings. The van der Waals surface area contributed by atoms with Crippen LogP contribution in [0, 0.1) is 6.92 Å². The van der Waals surface area contributed by atoms with E-state index in [-0.39, 0.29) is 11.9 Å². The molecule has 0 aliphatic carbocycles. The number of likely N-dealkylation sites (tertiary alicyclic amines) is 1. The van der Waals surface area contributed by atoms with Gasteiger partial charge < -0.3 is 24.8 Å². The van der Waals surface area contributed by atoms with Gasteiger partial charge in [0.05, 0.1) is 30.7 Å². The smallest absolute Gasteiger partial charge is 0.317 e. The Kier molecular flexibility index (Phi) is 6.69. The lowest BCUT2D eigenvalue weighted by Gasteiger charge is -2.45. The molecule has 0 aromatic carbocycles. The van der Waals surface area contributed by atoms with Crippen LogP contribution in [0.4, 0.5) is 4.79 Å². The molecule has 0 bridgehead atoms. The number of hydrogen-bond donors (Lipinski definition) is 2. The van der Waals surface area contributed by atoms with Gasteiger partial charge in [-0.3, -0.25) is 14.8 Å². The van der Waals surface area contributed by atoms with Crippen LogP contribution in [0.5, 0.6) is 0 Å². The van der Waals surface area contributed by atoms with Crippen molar-refractivity contribution in [2.24, 2.45) is 0 Å². The van der Waals surface area contributed by atoms with Crippen LogP contribution in [0.2, 0.25) is 0 Å². The molecule has 1 fully saturated rings. The number of nitrogens with one attached hydrogen (secondary N) is 2. The molecule has 32 heavy (non-hydrogen) atoms. The summed E-state index contributed by atoms with van der Waals surface area (Å²) < 4.78 is 8.40. The van der Waals surface area contributed by atoms with Crippen LogP contribution < -0.4 is 10.6 Å². The van der Waals surface area contributed by atoms with Gasteiger partial charge in [0, 0.05) is 51.1 Å². The number of piperidine rings is 1. The molecule has 1 unspecified atom stereocenters. The van der Waals surface area contributed by atoms with Crippen LogP contribution >= 0.6 is 0 Å². The van der Waals surface area contributed by atoms with Crippen molar-refractivity contribution in [2.45, 2.75) is 64.3 Å². The van der Waals surface area contributed by atoms with Gasteiger partial charge >= 0.3 is 6.03 Å². The Morgan fingerprint density at radius 1 is 1.19 bits per heavy atom. The maximum absolute atomic E-state index is 12.9. The minimum absolute atomic E-state index is 0.0408. The normalized spacial score (nSPS) is 19.4. The summed E-state index contributed by atoms with van der Waals surface area (Å²) in [6.45, 7) is 6.46. The molecule has 3 amide bonds. The van der Waals surface area contributed by atoms with Crippen molar-refractivity contribution in [3.8, 4) is 0 Å². The predicted octanol–water partition coefficient (Wildman–Crippen LogP) is 1.50. The second-order valence-corrected chi connectivity index (χ2v) is 8.44. The fraction of sp³-hybridized carbons (Fsp3) is 0.591. The molecule has 4 rings (SSSR count). The van der Waals surface area contributed by atoms with E-state index in [1.807, 2.05) is 22.6 Å². The maximum atomic E-state index is 12.9. The SMILES string of the molecule is CCCCNC(=O)N1CCC2(CC1)OC(C(=O)NCc1cnc(C)cn1)Cn1ccnc12. The Balaban J connectivity index is 1.39. The van der Waals surface area contributed by atoms with Crippen molar-refractivity contribution < 1.29 is 14.3 Å². The van der Waals surface area contributed by atoms with Crippen LogP contribution in [-0.4, -0.2) is 62.1 Å². The number of imidazole rings is 1. The molecule has 2 aromatic heterocycles. The molecule has 2 aromatic rings. The second kappa shape index (κ2) is 9.64. The van der Waals surface area contributed by atoms with Crippen LogP contribution in [0.1, 0.15) is 49.8 Å². The van der Waals surface area contributed by atoms with Crippen molar-refractivity contribution in [3.63, 3.8) is 0 Å². The van der Waals surface area contributed by atoms with Crippen molar-refractivity contribution in [3.05, 3.63) is 42.0 Å². The van der Waals surface area contributed by atoms with Gasteiger partial charge in [-0.25, -0.2) is 9.78 Å². The molecule has 172 valence electrons. The quantitative estimate of drug-likeness (QED) is 0.657. The highest BCUT2D eigenvalue weighted by molar-refractivity contribution is 5.81. The molecule has 2 N–H and O–H groups in total. The first-order valence-electron chi connectivity index (χ1n) is 11.3. The van der Waals surface area contributed by atoms with Crippen molar-refractivity contribution in [1.29, 1.82) is 0 Å². The molecular formula is C22H31N7O3. The minimum atomic E-state index is -0.673. The average molecular weight is 442 g/mol. The molecule has 1 atom stereocenters. The average Bonchev–Trinajstić information content (AvgIpc) is 3.29. The van der Waals surface area contributed by atoms with Gasteiger partial charge in [-0.1, -0.05) is 13.3 Å². The van der Waals surface area contributed by atoms with Crippen LogP contribution in [0.25, 0.3) is 0 Å². The lowest BCUT2D eigenvalue weighted by molar-refractivity contribution is -0.172. The Bertz CT molecular complexity index is 935. The van der Waals surface area contributed by atoms with E-state index in [1.54, 1.807) is 18.6 Å². The van der Waals surface area contributed by atoms with Crippen LogP contribution in [-0.2, 0) is 28.2 Å². The summed E-state index contributed by atoms with van der Waals surface area (Å²) in [5, 5.41) is 5.89. The summed E-state index contributed by atoms with van der Waals surface area (Å²) >= 11 is 0. The monoisotopic (exact) mass is 441 g/mol. The third kappa shape index (κ3) is 4.74. The minimum Gasteiger partial charge on any atom is -0.352 e. The van der Waals surface area contributed by atoms with Gasteiger partial charge in [-0.2, -0.15) is 0 Å². The van der Waals surface area contributed by atoms with E-state index in [9.17, 15) is 9.59 Å². The highest BCUT2D eigenvalue weighted by Crippen LogP contribution is 2.40. The van der Waals surface area contributed by atoms with Gasteiger partial charge in [-0.05, 0) is 13.3 Å². The van der Waals surface area contributed by atoms with Gasteiger partial charge in [0.2, 0.25) is 0 Å². The first-order valence-corrected chi connectivity index (χ1v) is 11.3. The highest BCUT2D eigenvalue weighted by atomic mass is 16.5. The fourth-order valence-corrected chi connectivity index (χ4v) is 4.23. The van der Waals surface area contributed by atoms with Gasteiger partial charge in [0.1, 0.15) is 11.4 Å². The number of unbranched alkanes of at least 4 members (excludes halogenated alkanes) is 1. The molecule has 1 saturated heterocycles. The van der Waals surface area contributed by atoms with E-state index in [0.717, 1.165) is 24.4 Å². The fourth-order valence-electron chi connectivity index (χ4n) is 4.23. The maximum Gasteiger partial charge on any atom is 0.317 e. The summed E-state index contributed by atoms with van der Waals surface area (Å²) in [6, 6.07) is -0.0408. The second-order valence-electron chi connectivity index (χ2n) is 8.44. The van der Waals surface area contributed by atoms with E-state index in [1.165, 1.54) is 0 Å². The number of amides is 3. The number of hydrogen-bond acceptors (Lipinski definition) is 6. The summed E-state index contributed by atoms with van der Waals surface area (Å²) in [5.41, 5.74) is 0.851. The highest BCUT2D eigenvalue weighted by Gasteiger charge is 2.47. The molecule has 2 aliphatic heterocycles. The number of carbonyl (C=O) groups excluding carboxylic acids is 2. The molecule has 0 radical (unpaired) electrons. The van der Waals surface area contributed by atoms with Crippen LogP contribution in [0.3, 0.4) is 0 Å². The van der Waals surface area contributed by atoms with Crippen molar-refractivity contribution in [1.82, 2.24) is 35.1 Å². The standard InChI is InChI=1S/C22H31N7O3/c1-3-4-7-24-21(31)28-9-5-22(6-10-28)20-23-8-11-29(20)15-18(32-22)19(30)27-14-17-13-25-16(2)12-26-17/h8,11-13,18H,3-7,9-10,14-15H2,1-2H3,(H,24,31)(H,27,30). The van der Waals surface area contributed by atoms with Crippen molar-refractivity contribution in [2.75, 3.05) is 19.6 Å². The molecule has 10 nitrogen and oxygen atoms in total. The zero-order chi connectivity index (χ0) is 22.6. The summed E-state index contributed by atoms with van der Waals surface area (Å²) in [5.74, 6) is 0.642. The predicted molar refractivity (Wildman–Crippen MR) is 117 cm³/mol. The molecule has 1 spiro atoms. The van der Waals surface area contributed by atoms with E-state index >= 15 is 0 Å². The summed E-state index contributed by atoms with van der Waals surface area (Å²) in [7, 11) is 0. The number of ether oxygens (including phenoxy) is 1. The van der Waals surface area contributed by atoms with E-state index in [4.69, 9.17) is 4.74 Å². The zero-order valence-electron chi connectivity index (χ0n) is 18.7. The molecule has 0 saturated carbocycles. The summed E-state index contributed by atoms with van der Waals surface area (Å²) in [4.78, 5) is 40.2. The largest absolute Gasteiger partial charge is 0.352 e. The molecule has 10 heteroatoms. The Hall–Kier alpha value is -3.01. The van der Waals surface area contributed by atoms with Gasteiger partial charge in [0.25, 0.3) is 5.91 Å². The Morgan fingerprint density at radius 2 is 2.00 bits per heavy atom. The zero-order valence-corrected chi connectivity index (χ0v) is 18.7. The van der Waals surface area contributed by atoms with Crippen LogP contribution in [0.15, 0.2) is 24.8 Å². The lowest BCUT2D eigenvalue weighted by atomic mass is 9.88. The number of nitrogens with zero attached hydrogens (tertiary/aromatic N) is 5. The first kappa shape index (κ1) is 22.2. The third-order valence-corrected chi connectivity index (χ3v) is 6.09. The topological polar surface area (TPSA) is 114 Å². The third-order valence-electron chi connectivity index (χ3n) is 6.09. The van der Waals surface area contributed by atoms with Gasteiger partial charge in [-0.15, -0.1) is 0 Å². The number of rotatable bonds is 6. The molecule has 4 heterocycles. The van der Waals surface area contributed by atoms with E-state index < -0.39 is 11.7 Å². The first-order chi connectivity index (χ1) is 15.5. The Labute approximate surface area is 187 Å². The van der Waals surface area contributed by atoms with E-state index in [2.05, 4.69) is 32.5 Å². The van der Waals surface area contributed by atoms with E-state index in [0.29, 0.717) is 51.3 Å².